The highest BCUT2D eigenvalue weighted by atomic mass is 32.1. The maximum Gasteiger partial charge on any atom is 0.229 e. The van der Waals surface area contributed by atoms with Crippen molar-refractivity contribution in [2.24, 2.45) is 5.92 Å². The molecule has 3 saturated heterocycles. The minimum absolute atomic E-state index is 0.0270. The van der Waals surface area contributed by atoms with Crippen LogP contribution in [-0.2, 0) is 20.7 Å². The minimum Gasteiger partial charge on any atom is -0.372 e. The number of nitrogens with zero attached hydrogens (tertiary/aromatic N) is 4. The van der Waals surface area contributed by atoms with Gasteiger partial charge >= 0.3 is 0 Å². The van der Waals surface area contributed by atoms with Crippen LogP contribution in [-0.4, -0.2) is 71.8 Å². The van der Waals surface area contributed by atoms with Crippen LogP contribution in [0.5, 0.6) is 0 Å². The van der Waals surface area contributed by atoms with Gasteiger partial charge in [0.1, 0.15) is 5.01 Å². The molecule has 27 heavy (non-hydrogen) atoms. The Morgan fingerprint density at radius 2 is 2.19 bits per heavy atom. The third-order valence-corrected chi connectivity index (χ3v) is 6.75. The summed E-state index contributed by atoms with van der Waals surface area (Å²) < 4.78 is 6.00. The van der Waals surface area contributed by atoms with Crippen LogP contribution >= 0.6 is 11.3 Å². The molecule has 0 aliphatic carbocycles. The van der Waals surface area contributed by atoms with Gasteiger partial charge < -0.3 is 15.0 Å². The first-order valence-electron chi connectivity index (χ1n) is 9.86. The molecule has 8 nitrogen and oxygen atoms in total. The van der Waals surface area contributed by atoms with E-state index in [-0.39, 0.29) is 29.8 Å². The van der Waals surface area contributed by atoms with Crippen LogP contribution in [0.1, 0.15) is 37.6 Å². The molecule has 0 bridgehead atoms. The second-order valence-corrected chi connectivity index (χ2v) is 8.71. The molecule has 1 aromatic rings. The Labute approximate surface area is 163 Å². The lowest BCUT2D eigenvalue weighted by Gasteiger charge is -2.44. The quantitative estimate of drug-likeness (QED) is 0.815. The highest BCUT2D eigenvalue weighted by Crippen LogP contribution is 2.32. The first-order valence-corrected chi connectivity index (χ1v) is 10.7. The molecule has 1 N–H and O–H groups in total. The zero-order valence-corrected chi connectivity index (χ0v) is 16.6. The van der Waals surface area contributed by atoms with Crippen LogP contribution in [0.25, 0.3) is 0 Å². The Balaban J connectivity index is 1.35. The van der Waals surface area contributed by atoms with Gasteiger partial charge in [0.15, 0.2) is 0 Å². The standard InChI is InChI=1S/C18H27N5O3S/c1-2-3-14-20-21-17(27-14)23-11-13(10-15(23)24)16(25)22-7-4-18(5-8-22)12-19-6-9-26-18/h13,19H,2-12H2,1H3. The van der Waals surface area contributed by atoms with E-state index in [2.05, 4.69) is 22.4 Å². The Kier molecular flexibility index (Phi) is 5.43. The van der Waals surface area contributed by atoms with Crippen LogP contribution in [0.15, 0.2) is 0 Å². The highest BCUT2D eigenvalue weighted by molar-refractivity contribution is 7.15. The second kappa shape index (κ2) is 7.81. The Morgan fingerprint density at radius 1 is 1.37 bits per heavy atom. The normalized spacial score (nSPS) is 25.4. The second-order valence-electron chi connectivity index (χ2n) is 7.67. The van der Waals surface area contributed by atoms with E-state index in [9.17, 15) is 9.59 Å². The molecule has 0 aromatic carbocycles. The van der Waals surface area contributed by atoms with Gasteiger partial charge in [-0.2, -0.15) is 0 Å². The fourth-order valence-electron chi connectivity index (χ4n) is 4.15. The van der Waals surface area contributed by atoms with Crippen molar-refractivity contribution >= 4 is 28.3 Å². The van der Waals surface area contributed by atoms with Crippen molar-refractivity contribution in [3.05, 3.63) is 5.01 Å². The summed E-state index contributed by atoms with van der Waals surface area (Å²) in [7, 11) is 0. The summed E-state index contributed by atoms with van der Waals surface area (Å²) >= 11 is 1.46. The number of piperidine rings is 1. The molecule has 9 heteroatoms. The smallest absolute Gasteiger partial charge is 0.229 e. The largest absolute Gasteiger partial charge is 0.372 e. The third-order valence-electron chi connectivity index (χ3n) is 5.75. The SMILES string of the molecule is CCCc1nnc(N2CC(C(=O)N3CCC4(CC3)CNCCO4)CC2=O)s1. The lowest BCUT2D eigenvalue weighted by atomic mass is 9.89. The van der Waals surface area contributed by atoms with Gasteiger partial charge in [-0.1, -0.05) is 18.3 Å². The number of amides is 2. The van der Waals surface area contributed by atoms with Gasteiger partial charge in [-0.3, -0.25) is 14.5 Å². The maximum atomic E-state index is 13.0. The summed E-state index contributed by atoms with van der Waals surface area (Å²) in [4.78, 5) is 29.0. The van der Waals surface area contributed by atoms with E-state index < -0.39 is 0 Å². The number of hydrogen-bond acceptors (Lipinski definition) is 7. The molecule has 1 spiro atoms. The maximum absolute atomic E-state index is 13.0. The van der Waals surface area contributed by atoms with Gasteiger partial charge in [0.25, 0.3) is 0 Å². The van der Waals surface area contributed by atoms with E-state index in [0.717, 1.165) is 50.4 Å². The first-order chi connectivity index (χ1) is 13.1. The number of carbonyl (C=O) groups excluding carboxylic acids is 2. The molecule has 1 unspecified atom stereocenters. The van der Waals surface area contributed by atoms with E-state index in [4.69, 9.17) is 4.74 Å². The lowest BCUT2D eigenvalue weighted by molar-refractivity contribution is -0.144. The molecule has 1 aromatic heterocycles. The van der Waals surface area contributed by atoms with Crippen molar-refractivity contribution in [1.82, 2.24) is 20.4 Å². The van der Waals surface area contributed by atoms with Crippen LogP contribution in [0.2, 0.25) is 0 Å². The van der Waals surface area contributed by atoms with Crippen LogP contribution in [0, 0.1) is 5.92 Å². The van der Waals surface area contributed by atoms with Crippen LogP contribution < -0.4 is 10.2 Å². The first kappa shape index (κ1) is 18.8. The number of morpholine rings is 1. The molecule has 1 atom stereocenters. The molecule has 3 aliphatic heterocycles. The topological polar surface area (TPSA) is 87.7 Å². The van der Waals surface area contributed by atoms with Gasteiger partial charge in [-0.05, 0) is 19.3 Å². The van der Waals surface area contributed by atoms with E-state index in [1.54, 1.807) is 4.90 Å². The van der Waals surface area contributed by atoms with Gasteiger partial charge in [0.2, 0.25) is 16.9 Å². The molecule has 148 valence electrons. The zero-order chi connectivity index (χ0) is 18.9. The minimum atomic E-state index is -0.282. The fourth-order valence-corrected chi connectivity index (χ4v) is 5.11. The van der Waals surface area contributed by atoms with Crippen LogP contribution in [0.4, 0.5) is 5.13 Å². The summed E-state index contributed by atoms with van der Waals surface area (Å²) in [5, 5.41) is 13.3. The number of aromatic nitrogens is 2. The predicted molar refractivity (Wildman–Crippen MR) is 102 cm³/mol. The molecular formula is C18H27N5O3S. The van der Waals surface area contributed by atoms with E-state index >= 15 is 0 Å². The van der Waals surface area contributed by atoms with E-state index in [1.807, 2.05) is 4.90 Å². The zero-order valence-electron chi connectivity index (χ0n) is 15.8. The Hall–Kier alpha value is -1.58. The summed E-state index contributed by atoms with van der Waals surface area (Å²) in [5.74, 6) is -0.223. The van der Waals surface area contributed by atoms with Crippen molar-refractivity contribution in [3.63, 3.8) is 0 Å². The van der Waals surface area contributed by atoms with Gasteiger partial charge in [-0.25, -0.2) is 0 Å². The Morgan fingerprint density at radius 3 is 2.89 bits per heavy atom. The van der Waals surface area contributed by atoms with Crippen molar-refractivity contribution in [1.29, 1.82) is 0 Å². The van der Waals surface area contributed by atoms with Gasteiger partial charge in [-0.15, -0.1) is 10.2 Å². The van der Waals surface area contributed by atoms with Gasteiger partial charge in [0, 0.05) is 45.6 Å². The number of carbonyl (C=O) groups is 2. The molecular weight excluding hydrogens is 366 g/mol. The van der Waals surface area contributed by atoms with Crippen molar-refractivity contribution in [2.45, 2.75) is 44.6 Å². The highest BCUT2D eigenvalue weighted by Gasteiger charge is 2.42. The molecule has 2 amide bonds. The van der Waals surface area contributed by atoms with Crippen LogP contribution in [0.3, 0.4) is 0 Å². The number of aryl methyl sites for hydroxylation is 1. The predicted octanol–water partition coefficient (Wildman–Crippen LogP) is 0.825. The fraction of sp³-hybridized carbons (Fsp3) is 0.778. The van der Waals surface area contributed by atoms with Crippen molar-refractivity contribution in [3.8, 4) is 0 Å². The monoisotopic (exact) mass is 393 g/mol. The third kappa shape index (κ3) is 3.86. The summed E-state index contributed by atoms with van der Waals surface area (Å²) in [6.07, 6.45) is 3.84. The summed E-state index contributed by atoms with van der Waals surface area (Å²) in [5.41, 5.74) is -0.116. The summed E-state index contributed by atoms with van der Waals surface area (Å²) in [6, 6.07) is 0. The number of nitrogens with one attached hydrogen (secondary N) is 1. The summed E-state index contributed by atoms with van der Waals surface area (Å²) in [6.45, 7) is 6.40. The van der Waals surface area contributed by atoms with E-state index in [0.29, 0.717) is 24.8 Å². The van der Waals surface area contributed by atoms with E-state index in [1.165, 1.54) is 11.3 Å². The number of hydrogen-bond donors (Lipinski definition) is 1. The average molecular weight is 394 g/mol. The number of rotatable bonds is 4. The molecule has 4 rings (SSSR count). The van der Waals surface area contributed by atoms with Crippen molar-refractivity contribution < 1.29 is 14.3 Å². The molecule has 3 aliphatic rings. The Bertz CT molecular complexity index is 693. The molecule has 4 heterocycles. The average Bonchev–Trinajstić information content (AvgIpc) is 3.29. The number of ether oxygens (including phenoxy) is 1. The number of anilines is 1. The van der Waals surface area contributed by atoms with Crippen molar-refractivity contribution in [2.75, 3.05) is 44.2 Å². The van der Waals surface area contributed by atoms with Gasteiger partial charge in [0.05, 0.1) is 18.1 Å². The molecule has 0 saturated carbocycles. The lowest BCUT2D eigenvalue weighted by Crippen LogP contribution is -2.57. The molecule has 3 fully saturated rings. The molecule has 0 radical (unpaired) electrons. The number of likely N-dealkylation sites (tertiary alicyclic amines) is 1.